The second kappa shape index (κ2) is 12.1. The predicted octanol–water partition coefficient (Wildman–Crippen LogP) is 2.75. The zero-order valence-electron chi connectivity index (χ0n) is 22.8. The van der Waals surface area contributed by atoms with Gasteiger partial charge in [0.15, 0.2) is 34.1 Å². The Bertz CT molecular complexity index is 1250. The molecule has 2 heterocycles. The summed E-state index contributed by atoms with van der Waals surface area (Å²) in [5.41, 5.74) is 4.05. The van der Waals surface area contributed by atoms with Crippen molar-refractivity contribution in [3.63, 3.8) is 0 Å². The third-order valence-electron chi connectivity index (χ3n) is 7.13. The SMILES string of the molecule is CCCSc1nc(N[C@@H]2C[C@H]2c2ccc(F)c(F)c2)c(NN)c([NH2+]C[C@@H]2C=C(OCCO)[C@H]3OC(C)(C)O[C@H]32)n1. The zero-order valence-corrected chi connectivity index (χ0v) is 23.6. The van der Waals surface area contributed by atoms with Crippen molar-refractivity contribution in [1.29, 1.82) is 0 Å². The Morgan fingerprint density at radius 2 is 2.08 bits per heavy atom. The maximum absolute atomic E-state index is 13.8. The molecule has 13 heteroatoms. The van der Waals surface area contributed by atoms with E-state index in [1.165, 1.54) is 6.07 Å². The summed E-state index contributed by atoms with van der Waals surface area (Å²) < 4.78 is 45.2. The third kappa shape index (κ3) is 6.34. The van der Waals surface area contributed by atoms with Gasteiger partial charge in [-0.15, -0.1) is 0 Å². The zero-order chi connectivity index (χ0) is 28.4. The van der Waals surface area contributed by atoms with Gasteiger partial charge in [0, 0.05) is 17.7 Å². The van der Waals surface area contributed by atoms with Crippen LogP contribution in [0, 0.1) is 17.6 Å². The number of benzene rings is 1. The summed E-state index contributed by atoms with van der Waals surface area (Å²) in [5, 5.41) is 15.3. The van der Waals surface area contributed by atoms with Gasteiger partial charge >= 0.3 is 0 Å². The molecule has 10 nitrogen and oxygen atoms in total. The molecule has 0 unspecified atom stereocenters. The number of anilines is 2. The molecule has 1 saturated carbocycles. The van der Waals surface area contributed by atoms with Crippen LogP contribution >= 0.6 is 11.8 Å². The first-order valence-electron chi connectivity index (χ1n) is 13.6. The fraction of sp³-hybridized carbons (Fsp3) is 0.556. The van der Waals surface area contributed by atoms with Crippen LogP contribution in [0.15, 0.2) is 35.2 Å². The number of hydrogen-bond donors (Lipinski definition) is 5. The summed E-state index contributed by atoms with van der Waals surface area (Å²) in [7, 11) is 0. The van der Waals surface area contributed by atoms with Crippen LogP contribution in [0.5, 0.6) is 0 Å². The van der Waals surface area contributed by atoms with Crippen LogP contribution in [0.4, 0.5) is 26.1 Å². The van der Waals surface area contributed by atoms with E-state index in [-0.39, 0.29) is 43.3 Å². The summed E-state index contributed by atoms with van der Waals surface area (Å²) in [6.07, 6.45) is 3.15. The van der Waals surface area contributed by atoms with Gasteiger partial charge in [0.05, 0.1) is 19.1 Å². The molecular formula is C27H37F2N6O4S+. The van der Waals surface area contributed by atoms with E-state index in [0.717, 1.165) is 30.2 Å². The van der Waals surface area contributed by atoms with Crippen LogP contribution in [-0.2, 0) is 14.2 Å². The molecule has 40 heavy (non-hydrogen) atoms. The number of halogens is 2. The predicted molar refractivity (Wildman–Crippen MR) is 147 cm³/mol. The molecule has 5 rings (SSSR count). The molecule has 1 saturated heterocycles. The van der Waals surface area contributed by atoms with Crippen LogP contribution in [0.25, 0.3) is 0 Å². The first-order chi connectivity index (χ1) is 19.2. The quantitative estimate of drug-likeness (QED) is 0.104. The minimum Gasteiger partial charge on any atom is -0.493 e. The van der Waals surface area contributed by atoms with Crippen molar-refractivity contribution in [3.05, 3.63) is 47.2 Å². The Kier molecular flexibility index (Phi) is 8.78. The second-order valence-corrected chi connectivity index (χ2v) is 11.7. The number of ether oxygens (including phenoxy) is 3. The Morgan fingerprint density at radius 1 is 1.25 bits per heavy atom. The molecule has 3 aliphatic rings. The summed E-state index contributed by atoms with van der Waals surface area (Å²) >= 11 is 1.56. The first kappa shape index (κ1) is 29.0. The number of nitrogens with zero attached hydrogens (tertiary/aromatic N) is 2. The van der Waals surface area contributed by atoms with Crippen molar-refractivity contribution in [2.75, 3.05) is 36.3 Å². The monoisotopic (exact) mass is 579 g/mol. The summed E-state index contributed by atoms with van der Waals surface area (Å²) in [5.74, 6) is 6.26. The number of quaternary nitrogens is 1. The molecule has 0 radical (unpaired) electrons. The van der Waals surface area contributed by atoms with E-state index in [2.05, 4.69) is 17.7 Å². The van der Waals surface area contributed by atoms with Gasteiger partial charge in [-0.25, -0.2) is 13.8 Å². The van der Waals surface area contributed by atoms with Gasteiger partial charge in [-0.2, -0.15) is 4.98 Å². The number of nitrogens with two attached hydrogens (primary N) is 2. The van der Waals surface area contributed by atoms with E-state index in [1.807, 2.05) is 25.2 Å². The van der Waals surface area contributed by atoms with Gasteiger partial charge in [0.2, 0.25) is 0 Å². The largest absolute Gasteiger partial charge is 0.493 e. The maximum Gasteiger partial charge on any atom is 0.255 e. The Hall–Kier alpha value is -2.55. The van der Waals surface area contributed by atoms with E-state index in [1.54, 1.807) is 17.8 Å². The lowest BCUT2D eigenvalue weighted by Gasteiger charge is -2.20. The number of nitrogen functional groups attached to an aromatic ring is 1. The molecule has 1 aliphatic heterocycles. The van der Waals surface area contributed by atoms with E-state index >= 15 is 0 Å². The number of fused-ring (bicyclic) bond motifs is 1. The van der Waals surface area contributed by atoms with Crippen LogP contribution in [0.3, 0.4) is 0 Å². The van der Waals surface area contributed by atoms with E-state index in [4.69, 9.17) is 30.0 Å². The highest BCUT2D eigenvalue weighted by atomic mass is 32.2. The minimum atomic E-state index is -0.856. The van der Waals surface area contributed by atoms with Gasteiger partial charge in [0.1, 0.15) is 24.6 Å². The lowest BCUT2D eigenvalue weighted by atomic mass is 10.1. The summed E-state index contributed by atoms with van der Waals surface area (Å²) in [4.78, 5) is 9.50. The molecule has 0 bridgehead atoms. The number of hydrogen-bond acceptors (Lipinski definition) is 10. The molecule has 5 atom stereocenters. The maximum atomic E-state index is 13.8. The number of rotatable bonds is 13. The molecule has 0 amide bonds. The van der Waals surface area contributed by atoms with Gasteiger partial charge in [-0.1, -0.05) is 24.8 Å². The third-order valence-corrected chi connectivity index (χ3v) is 8.19. The Labute approximate surface area is 236 Å². The standard InChI is InChI=1S/C27H36F2N6O4S/c1-4-9-40-26-33-24(31-13-15-11-20(37-8-7-36)23-22(15)38-27(2,3)39-23)21(35-30)25(34-26)32-19-12-16(19)14-5-6-17(28)18(29)10-14/h5-6,10-11,15-16,19,22-23,35-36H,4,7-9,12-13,30H2,1-3H3,(H2,31,32,33,34)/p+1/t15-,16-,19+,22-,23+/m0/s1. The fourth-order valence-electron chi connectivity index (χ4n) is 5.22. The minimum absolute atomic E-state index is 0.000222. The van der Waals surface area contributed by atoms with E-state index in [0.29, 0.717) is 34.8 Å². The number of thioether (sulfide) groups is 1. The number of hydrazine groups is 1. The Morgan fingerprint density at radius 3 is 2.80 bits per heavy atom. The molecule has 1 aromatic carbocycles. The number of aliphatic hydroxyl groups is 1. The van der Waals surface area contributed by atoms with Crippen molar-refractivity contribution < 1.29 is 33.4 Å². The molecule has 2 aliphatic carbocycles. The van der Waals surface area contributed by atoms with Gasteiger partial charge in [0.25, 0.3) is 5.82 Å². The van der Waals surface area contributed by atoms with Crippen LogP contribution in [0.1, 0.15) is 45.1 Å². The van der Waals surface area contributed by atoms with Crippen molar-refractivity contribution in [2.45, 2.75) is 68.7 Å². The second-order valence-electron chi connectivity index (χ2n) is 10.6. The van der Waals surface area contributed by atoms with Gasteiger partial charge in [-0.3, -0.25) is 11.2 Å². The van der Waals surface area contributed by atoms with Gasteiger partial charge < -0.3 is 30.1 Å². The van der Waals surface area contributed by atoms with E-state index in [9.17, 15) is 13.9 Å². The van der Waals surface area contributed by atoms with Crippen molar-refractivity contribution in [1.82, 2.24) is 9.97 Å². The highest BCUT2D eigenvalue weighted by Gasteiger charge is 2.51. The van der Waals surface area contributed by atoms with Crippen molar-refractivity contribution in [3.8, 4) is 0 Å². The number of aromatic nitrogens is 2. The molecular weight excluding hydrogens is 542 g/mol. The van der Waals surface area contributed by atoms with Crippen molar-refractivity contribution in [2.24, 2.45) is 11.8 Å². The number of aliphatic hydroxyl groups excluding tert-OH is 1. The highest BCUT2D eigenvalue weighted by molar-refractivity contribution is 7.99. The van der Waals surface area contributed by atoms with Crippen LogP contribution in [0.2, 0.25) is 0 Å². The summed E-state index contributed by atoms with van der Waals surface area (Å²) in [6.45, 7) is 6.51. The molecule has 7 N–H and O–H groups in total. The molecule has 0 spiro atoms. The fourth-order valence-corrected chi connectivity index (χ4v) is 5.92. The van der Waals surface area contributed by atoms with Crippen LogP contribution < -0.4 is 21.9 Å². The molecule has 2 fully saturated rings. The van der Waals surface area contributed by atoms with Gasteiger partial charge in [-0.05, 0) is 50.5 Å². The number of nitrogens with one attached hydrogen (secondary N) is 2. The topological polar surface area (TPSA) is 140 Å². The van der Waals surface area contributed by atoms with Crippen molar-refractivity contribution >= 4 is 29.1 Å². The lowest BCUT2D eigenvalue weighted by Crippen LogP contribution is -2.80. The summed E-state index contributed by atoms with van der Waals surface area (Å²) in [6, 6.07) is 4.03. The highest BCUT2D eigenvalue weighted by Crippen LogP contribution is 2.44. The smallest absolute Gasteiger partial charge is 0.255 e. The van der Waals surface area contributed by atoms with E-state index < -0.39 is 17.4 Å². The molecule has 218 valence electrons. The Balaban J connectivity index is 1.34. The van der Waals surface area contributed by atoms with Crippen LogP contribution in [-0.4, -0.2) is 64.6 Å². The molecule has 1 aromatic heterocycles. The average molecular weight is 580 g/mol. The molecule has 2 aromatic rings. The average Bonchev–Trinajstić information content (AvgIpc) is 3.52. The normalized spacial score (nSPS) is 26.4. The lowest BCUT2D eigenvalue weighted by molar-refractivity contribution is -0.581. The first-order valence-corrected chi connectivity index (χ1v) is 14.6.